The van der Waals surface area contributed by atoms with E-state index < -0.39 is 42.6 Å². The van der Waals surface area contributed by atoms with Crippen LogP contribution in [0.3, 0.4) is 0 Å². The Morgan fingerprint density at radius 1 is 0.968 bits per heavy atom. The number of carbonyl (C=O) groups is 3. The fraction of sp³-hybridized carbons (Fsp3) is 0.286. The molecule has 1 atom stereocenters. The highest BCUT2D eigenvalue weighted by atomic mass is 16.7. The monoisotopic (exact) mass is 433 g/mol. The molecule has 10 heteroatoms. The van der Waals surface area contributed by atoms with Gasteiger partial charge in [0, 0.05) is 0 Å². The van der Waals surface area contributed by atoms with Crippen molar-refractivity contribution in [2.75, 3.05) is 6.54 Å². The summed E-state index contributed by atoms with van der Waals surface area (Å²) in [6, 6.07) is 13.1. The molecule has 0 bridgehead atoms. The van der Waals surface area contributed by atoms with Crippen LogP contribution >= 0.6 is 0 Å². The maximum absolute atomic E-state index is 12.5. The summed E-state index contributed by atoms with van der Waals surface area (Å²) in [6.07, 6.45) is -3.67. The zero-order valence-electron chi connectivity index (χ0n) is 16.7. The van der Waals surface area contributed by atoms with Crippen LogP contribution in [-0.2, 0) is 19.1 Å². The average molecular weight is 433 g/mol. The van der Waals surface area contributed by atoms with Crippen molar-refractivity contribution in [3.63, 3.8) is 0 Å². The van der Waals surface area contributed by atoms with Crippen LogP contribution in [0.15, 0.2) is 48.5 Å². The lowest BCUT2D eigenvalue weighted by atomic mass is 9.95. The molecule has 0 saturated heterocycles. The van der Waals surface area contributed by atoms with E-state index in [0.717, 1.165) is 6.54 Å². The number of aliphatic hydroxyl groups is 1. The number of hydrogen-bond donors (Lipinski definition) is 4. The quantitative estimate of drug-likeness (QED) is 0.495. The van der Waals surface area contributed by atoms with Crippen molar-refractivity contribution in [2.24, 2.45) is 5.73 Å². The van der Waals surface area contributed by atoms with Gasteiger partial charge in [-0.05, 0) is 30.8 Å². The van der Waals surface area contributed by atoms with Gasteiger partial charge >= 0.3 is 17.9 Å². The van der Waals surface area contributed by atoms with Crippen LogP contribution in [0.1, 0.15) is 31.6 Å². The number of ether oxygens (including phenoxy) is 3. The lowest BCUT2D eigenvalue weighted by molar-refractivity contribution is -0.192. The van der Waals surface area contributed by atoms with Gasteiger partial charge in [-0.3, -0.25) is 9.59 Å². The highest BCUT2D eigenvalue weighted by Crippen LogP contribution is 2.42. The summed E-state index contributed by atoms with van der Waals surface area (Å²) in [6.45, 7) is 2.65. The van der Waals surface area contributed by atoms with E-state index in [0.29, 0.717) is 17.1 Å². The maximum Gasteiger partial charge on any atom is 0.342 e. The van der Waals surface area contributed by atoms with Crippen molar-refractivity contribution in [3.05, 3.63) is 54.1 Å². The molecule has 0 amide bonds. The maximum atomic E-state index is 12.5. The van der Waals surface area contributed by atoms with Gasteiger partial charge in [-0.15, -0.1) is 0 Å². The van der Waals surface area contributed by atoms with Gasteiger partial charge in [-0.1, -0.05) is 31.2 Å². The molecule has 5 N–H and O–H groups in total. The van der Waals surface area contributed by atoms with E-state index in [1.54, 1.807) is 48.5 Å². The van der Waals surface area contributed by atoms with Crippen LogP contribution in [0.25, 0.3) is 0 Å². The number of carbonyl (C=O) groups excluding carboxylic acids is 1. The average Bonchev–Trinajstić information content (AvgIpc) is 2.84. The van der Waals surface area contributed by atoms with Gasteiger partial charge in [0.05, 0.1) is 18.4 Å². The Balaban J connectivity index is 0.00000107. The van der Waals surface area contributed by atoms with Crippen LogP contribution in [0.5, 0.6) is 17.2 Å². The number of aliphatic carboxylic acids is 2. The summed E-state index contributed by atoms with van der Waals surface area (Å²) >= 11 is 0. The van der Waals surface area contributed by atoms with Crippen molar-refractivity contribution in [1.29, 1.82) is 0 Å². The second-order valence-electron chi connectivity index (χ2n) is 6.52. The van der Waals surface area contributed by atoms with E-state index in [2.05, 4.69) is 0 Å². The Morgan fingerprint density at radius 2 is 1.45 bits per heavy atom. The minimum absolute atomic E-state index is 0.247. The van der Waals surface area contributed by atoms with Gasteiger partial charge < -0.3 is 35.3 Å². The van der Waals surface area contributed by atoms with E-state index in [1.165, 1.54) is 0 Å². The Kier molecular flexibility index (Phi) is 7.94. The second kappa shape index (κ2) is 10.4. The predicted molar refractivity (Wildman–Crippen MR) is 107 cm³/mol. The Hall–Kier alpha value is -3.63. The third-order valence-electron chi connectivity index (χ3n) is 3.96. The largest absolute Gasteiger partial charge is 0.481 e. The second-order valence-corrected chi connectivity index (χ2v) is 6.52. The van der Waals surface area contributed by atoms with Crippen LogP contribution in [0, 0.1) is 0 Å². The molecule has 1 aliphatic rings. The molecule has 0 saturated carbocycles. The summed E-state index contributed by atoms with van der Waals surface area (Å²) in [4.78, 5) is 34.5. The summed E-state index contributed by atoms with van der Waals surface area (Å²) in [5, 5.41) is 28.2. The number of carboxylic acids is 2. The van der Waals surface area contributed by atoms with Crippen LogP contribution in [0.2, 0.25) is 0 Å². The molecule has 10 nitrogen and oxygen atoms in total. The first-order chi connectivity index (χ1) is 14.7. The number of fused-ring (bicyclic) bond motifs is 2. The first kappa shape index (κ1) is 23.6. The number of nitrogens with two attached hydrogens (primary N) is 1. The molecule has 3 rings (SSSR count). The molecule has 0 aromatic heterocycles. The summed E-state index contributed by atoms with van der Waals surface area (Å²) < 4.78 is 16.7. The van der Waals surface area contributed by atoms with Gasteiger partial charge in [0.2, 0.25) is 0 Å². The van der Waals surface area contributed by atoms with Gasteiger partial charge in [-0.25, -0.2) is 4.79 Å². The summed E-state index contributed by atoms with van der Waals surface area (Å²) in [5.74, 6) is -3.62. The molecule has 0 radical (unpaired) electrons. The predicted octanol–water partition coefficient (Wildman–Crippen LogP) is 2.06. The normalized spacial score (nSPS) is 14.2. The first-order valence-electron chi connectivity index (χ1n) is 9.29. The Bertz CT molecular complexity index is 928. The fourth-order valence-electron chi connectivity index (χ4n) is 2.70. The Morgan fingerprint density at radius 3 is 2.00 bits per heavy atom. The summed E-state index contributed by atoms with van der Waals surface area (Å²) in [5.41, 5.74) is 2.39. The first-order valence-corrected chi connectivity index (χ1v) is 9.29. The lowest BCUT2D eigenvalue weighted by Gasteiger charge is -2.26. The number of hydrogen-bond acceptors (Lipinski definition) is 8. The fourth-order valence-corrected chi connectivity index (χ4v) is 2.70. The minimum atomic E-state index is -2.76. The third-order valence-corrected chi connectivity index (χ3v) is 3.96. The number of carboxylic acid groups (broad SMARTS) is 2. The zero-order chi connectivity index (χ0) is 23.0. The standard InChI is InChI=1S/C19H16O9.C2H7N/c20-15(21)9-19(25,10-16(22)23)18(24)28-17-11-5-1-2-6-12(11)26-13-7-3-4-8-14(13)27-17;1-2-3/h1-8,17,25H,9-10H2,(H,20,21)(H,22,23);2-3H2,1H3. The van der Waals surface area contributed by atoms with E-state index in [4.69, 9.17) is 30.2 Å². The Labute approximate surface area is 177 Å². The molecule has 0 fully saturated rings. The number of para-hydroxylation sites is 3. The van der Waals surface area contributed by atoms with E-state index >= 15 is 0 Å². The van der Waals surface area contributed by atoms with Crippen LogP contribution < -0.4 is 15.2 Å². The third kappa shape index (κ3) is 6.17. The van der Waals surface area contributed by atoms with Gasteiger partial charge in [0.15, 0.2) is 17.1 Å². The van der Waals surface area contributed by atoms with Crippen molar-refractivity contribution >= 4 is 17.9 Å². The molecule has 0 spiro atoms. The van der Waals surface area contributed by atoms with E-state index in [1.807, 2.05) is 6.92 Å². The molecule has 1 aliphatic heterocycles. The molecule has 31 heavy (non-hydrogen) atoms. The molecular formula is C21H23NO9. The van der Waals surface area contributed by atoms with Crippen molar-refractivity contribution in [1.82, 2.24) is 0 Å². The van der Waals surface area contributed by atoms with Gasteiger partial charge in [-0.2, -0.15) is 0 Å². The molecule has 2 aromatic carbocycles. The number of benzene rings is 2. The van der Waals surface area contributed by atoms with E-state index in [-0.39, 0.29) is 5.75 Å². The van der Waals surface area contributed by atoms with Crippen molar-refractivity contribution in [3.8, 4) is 17.2 Å². The molecule has 2 aromatic rings. The number of esters is 1. The van der Waals surface area contributed by atoms with Crippen LogP contribution in [0.4, 0.5) is 0 Å². The highest BCUT2D eigenvalue weighted by Gasteiger charge is 2.44. The lowest BCUT2D eigenvalue weighted by Crippen LogP contribution is -2.45. The topological polar surface area (TPSA) is 166 Å². The van der Waals surface area contributed by atoms with Gasteiger partial charge in [0.25, 0.3) is 6.29 Å². The van der Waals surface area contributed by atoms with Crippen LogP contribution in [-0.4, -0.2) is 45.4 Å². The molecule has 1 unspecified atom stereocenters. The summed E-state index contributed by atoms with van der Waals surface area (Å²) in [7, 11) is 0. The smallest absolute Gasteiger partial charge is 0.342 e. The molecule has 1 heterocycles. The molecular weight excluding hydrogens is 410 g/mol. The van der Waals surface area contributed by atoms with E-state index in [9.17, 15) is 19.5 Å². The molecule has 0 aliphatic carbocycles. The van der Waals surface area contributed by atoms with Crippen molar-refractivity contribution in [2.45, 2.75) is 31.7 Å². The van der Waals surface area contributed by atoms with Gasteiger partial charge in [0.1, 0.15) is 5.75 Å². The number of rotatable bonds is 6. The minimum Gasteiger partial charge on any atom is -0.481 e. The highest BCUT2D eigenvalue weighted by molar-refractivity contribution is 5.89. The zero-order valence-corrected chi connectivity index (χ0v) is 16.7. The SMILES string of the molecule is CCN.O=C(O)CC(O)(CC(=O)O)C(=O)OC1Oc2ccccc2Oc2ccccc21. The molecule has 166 valence electrons. The van der Waals surface area contributed by atoms with Crippen molar-refractivity contribution < 1.29 is 43.9 Å².